The highest BCUT2D eigenvalue weighted by Gasteiger charge is 2.22. The zero-order valence-corrected chi connectivity index (χ0v) is 17.8. The van der Waals surface area contributed by atoms with E-state index in [9.17, 15) is 14.0 Å². The van der Waals surface area contributed by atoms with Crippen LogP contribution in [0.25, 0.3) is 22.5 Å². The molecule has 3 aliphatic rings. The molecule has 2 aromatic rings. The highest BCUT2D eigenvalue weighted by atomic mass is 19.1. The Morgan fingerprint density at radius 1 is 1.00 bits per heavy atom. The van der Waals surface area contributed by atoms with Gasteiger partial charge in [-0.2, -0.15) is 4.73 Å². The van der Waals surface area contributed by atoms with Crippen molar-refractivity contribution in [2.24, 2.45) is 5.92 Å². The van der Waals surface area contributed by atoms with Crippen LogP contribution in [0.2, 0.25) is 0 Å². The first kappa shape index (κ1) is 20.5. The van der Waals surface area contributed by atoms with E-state index in [4.69, 9.17) is 4.74 Å². The lowest BCUT2D eigenvalue weighted by atomic mass is 9.81. The second kappa shape index (κ2) is 8.26. The number of hydrogen-bond donors (Lipinski definition) is 1. The molecular formula is C26H24F2N2O2. The Labute approximate surface area is 185 Å². The van der Waals surface area contributed by atoms with Crippen LogP contribution < -0.4 is 4.74 Å². The normalized spacial score (nSPS) is 14.0. The third kappa shape index (κ3) is 3.81. The van der Waals surface area contributed by atoms with Gasteiger partial charge in [-0.05, 0) is 73.2 Å². The van der Waals surface area contributed by atoms with Gasteiger partial charge in [0.2, 0.25) is 0 Å². The van der Waals surface area contributed by atoms with Crippen molar-refractivity contribution in [3.05, 3.63) is 77.6 Å². The smallest absolute Gasteiger partial charge is 0.176 e. The number of hydrogen-bond acceptors (Lipinski definition) is 3. The Kier molecular flexibility index (Phi) is 5.29. The van der Waals surface area contributed by atoms with Gasteiger partial charge in [-0.15, -0.1) is 0 Å². The van der Waals surface area contributed by atoms with Crippen LogP contribution in [-0.2, 0) is 6.42 Å². The summed E-state index contributed by atoms with van der Waals surface area (Å²) in [6.07, 6.45) is 7.65. The van der Waals surface area contributed by atoms with E-state index in [-0.39, 0.29) is 5.75 Å². The monoisotopic (exact) mass is 434 g/mol. The maximum absolute atomic E-state index is 14.3. The summed E-state index contributed by atoms with van der Waals surface area (Å²) in [5.74, 6) is 0.233. The maximum Gasteiger partial charge on any atom is 0.176 e. The molecule has 0 aromatic heterocycles. The largest absolute Gasteiger partial charge is 0.454 e. The SMILES string of the molecule is Cc1cc(-c2cc(CCC3CCC3)ccc2Oc2ccc(F)cc2F)c2ccnc-2n1O. The Hall–Kier alpha value is -3.41. The molecule has 164 valence electrons. The molecule has 1 fully saturated rings. The molecule has 2 aromatic carbocycles. The van der Waals surface area contributed by atoms with E-state index < -0.39 is 11.6 Å². The van der Waals surface area contributed by atoms with Gasteiger partial charge in [0, 0.05) is 23.4 Å². The lowest BCUT2D eigenvalue weighted by Crippen LogP contribution is -2.11. The standard InChI is InChI=1S/C26H24F2N2O2/c1-16-13-21(20-11-12-29-26(20)30(16)31)22-14-18(6-5-17-3-2-4-17)7-9-24(22)32-25-10-8-19(27)15-23(25)28/h7-15,17,31H,2-6H2,1H3. The summed E-state index contributed by atoms with van der Waals surface area (Å²) in [6, 6.07) is 12.9. The number of halogens is 2. The van der Waals surface area contributed by atoms with Gasteiger partial charge in [-0.1, -0.05) is 25.3 Å². The number of fused-ring (bicyclic) bond motifs is 1. The minimum atomic E-state index is -0.762. The van der Waals surface area contributed by atoms with Crippen LogP contribution in [-0.4, -0.2) is 14.9 Å². The molecular weight excluding hydrogens is 410 g/mol. The van der Waals surface area contributed by atoms with Crippen LogP contribution >= 0.6 is 0 Å². The van der Waals surface area contributed by atoms with Crippen molar-refractivity contribution in [1.82, 2.24) is 9.71 Å². The van der Waals surface area contributed by atoms with Crippen LogP contribution in [0.15, 0.2) is 54.7 Å². The Morgan fingerprint density at radius 3 is 2.56 bits per heavy atom. The minimum Gasteiger partial charge on any atom is -0.454 e. The molecule has 0 saturated heterocycles. The second-order valence-corrected chi connectivity index (χ2v) is 8.54. The van der Waals surface area contributed by atoms with Crippen LogP contribution in [0.3, 0.4) is 0 Å². The van der Waals surface area contributed by atoms with E-state index in [0.717, 1.165) is 46.2 Å². The number of aryl methyl sites for hydroxylation is 2. The van der Waals surface area contributed by atoms with E-state index in [1.54, 1.807) is 13.1 Å². The van der Waals surface area contributed by atoms with Crippen LogP contribution in [0.5, 0.6) is 11.5 Å². The zero-order valence-electron chi connectivity index (χ0n) is 17.8. The average Bonchev–Trinajstić information content (AvgIpc) is 3.23. The molecule has 0 radical (unpaired) electrons. The van der Waals surface area contributed by atoms with E-state index in [2.05, 4.69) is 11.1 Å². The van der Waals surface area contributed by atoms with Crippen molar-refractivity contribution in [3.63, 3.8) is 0 Å². The number of aromatic nitrogens is 2. The van der Waals surface area contributed by atoms with Crippen molar-refractivity contribution >= 4 is 0 Å². The van der Waals surface area contributed by atoms with Crippen LogP contribution in [0, 0.1) is 24.5 Å². The van der Waals surface area contributed by atoms with Gasteiger partial charge in [0.15, 0.2) is 17.4 Å². The number of rotatable bonds is 6. The predicted molar refractivity (Wildman–Crippen MR) is 118 cm³/mol. The Bertz CT molecular complexity index is 1250. The fourth-order valence-corrected chi connectivity index (χ4v) is 4.30. The van der Waals surface area contributed by atoms with Crippen LogP contribution in [0.4, 0.5) is 8.78 Å². The minimum absolute atomic E-state index is 0.0448. The summed E-state index contributed by atoms with van der Waals surface area (Å²) in [5.41, 5.74) is 4.17. The number of nitrogens with zero attached hydrogens (tertiary/aromatic N) is 2. The predicted octanol–water partition coefficient (Wildman–Crippen LogP) is 7.00. The first-order chi connectivity index (χ1) is 15.5. The third-order valence-electron chi connectivity index (χ3n) is 6.37. The molecule has 2 aliphatic heterocycles. The molecule has 5 rings (SSSR count). The summed E-state index contributed by atoms with van der Waals surface area (Å²) >= 11 is 0. The lowest BCUT2D eigenvalue weighted by Gasteiger charge is -2.25. The van der Waals surface area contributed by atoms with Crippen molar-refractivity contribution in [3.8, 4) is 34.0 Å². The van der Waals surface area contributed by atoms with Gasteiger partial charge in [0.1, 0.15) is 11.6 Å². The second-order valence-electron chi connectivity index (χ2n) is 8.54. The fraction of sp³-hybridized carbons (Fsp3) is 0.269. The summed E-state index contributed by atoms with van der Waals surface area (Å²) in [4.78, 5) is 4.27. The number of benzene rings is 2. The lowest BCUT2D eigenvalue weighted by molar-refractivity contribution is 0.180. The molecule has 0 amide bonds. The fourth-order valence-electron chi connectivity index (χ4n) is 4.30. The van der Waals surface area contributed by atoms with Gasteiger partial charge < -0.3 is 9.94 Å². The summed E-state index contributed by atoms with van der Waals surface area (Å²) in [5, 5.41) is 10.4. The quantitative estimate of drug-likeness (QED) is 0.332. The Balaban J connectivity index is 1.59. The summed E-state index contributed by atoms with van der Waals surface area (Å²) in [6.45, 7) is 1.79. The molecule has 4 nitrogen and oxygen atoms in total. The topological polar surface area (TPSA) is 47.3 Å². The number of ether oxygens (including phenoxy) is 1. The molecule has 1 saturated carbocycles. The van der Waals surface area contributed by atoms with E-state index in [0.29, 0.717) is 17.3 Å². The van der Waals surface area contributed by atoms with E-state index in [1.807, 2.05) is 24.3 Å². The van der Waals surface area contributed by atoms with E-state index >= 15 is 0 Å². The van der Waals surface area contributed by atoms with Crippen molar-refractivity contribution < 1.29 is 18.7 Å². The molecule has 6 heteroatoms. The van der Waals surface area contributed by atoms with Crippen molar-refractivity contribution in [2.75, 3.05) is 0 Å². The van der Waals surface area contributed by atoms with Gasteiger partial charge >= 0.3 is 0 Å². The number of pyridine rings is 1. The first-order valence-corrected chi connectivity index (χ1v) is 10.9. The van der Waals surface area contributed by atoms with Crippen molar-refractivity contribution in [2.45, 2.75) is 39.0 Å². The molecule has 1 N–H and O–H groups in total. The molecule has 0 bridgehead atoms. The van der Waals surface area contributed by atoms with Crippen molar-refractivity contribution in [1.29, 1.82) is 0 Å². The molecule has 0 atom stereocenters. The highest BCUT2D eigenvalue weighted by Crippen LogP contribution is 2.41. The zero-order chi connectivity index (χ0) is 22.2. The summed E-state index contributed by atoms with van der Waals surface area (Å²) in [7, 11) is 0. The van der Waals surface area contributed by atoms with Crippen LogP contribution in [0.1, 0.15) is 36.9 Å². The first-order valence-electron chi connectivity index (χ1n) is 10.9. The molecule has 0 spiro atoms. The highest BCUT2D eigenvalue weighted by molar-refractivity contribution is 5.85. The third-order valence-corrected chi connectivity index (χ3v) is 6.37. The Morgan fingerprint density at radius 2 is 1.81 bits per heavy atom. The van der Waals surface area contributed by atoms with Gasteiger partial charge in [0.25, 0.3) is 0 Å². The van der Waals surface area contributed by atoms with Gasteiger partial charge in [0.05, 0.1) is 5.69 Å². The molecule has 0 unspecified atom stereocenters. The van der Waals surface area contributed by atoms with Gasteiger partial charge in [-0.25, -0.2) is 13.8 Å². The molecule has 1 aliphatic carbocycles. The van der Waals surface area contributed by atoms with E-state index in [1.165, 1.54) is 37.0 Å². The maximum atomic E-state index is 14.3. The molecule has 32 heavy (non-hydrogen) atoms. The average molecular weight is 434 g/mol. The summed E-state index contributed by atoms with van der Waals surface area (Å²) < 4.78 is 34.7. The van der Waals surface area contributed by atoms with Gasteiger partial charge in [-0.3, -0.25) is 0 Å². The molecule has 2 heterocycles.